The third-order valence-corrected chi connectivity index (χ3v) is 2.83. The Balaban J connectivity index is 0.000000861. The summed E-state index contributed by atoms with van der Waals surface area (Å²) >= 11 is 0. The van der Waals surface area contributed by atoms with Gasteiger partial charge in [-0.3, -0.25) is 10.5 Å². The first-order valence-electron chi connectivity index (χ1n) is 6.52. The Morgan fingerprint density at radius 3 is 2.63 bits per heavy atom. The zero-order valence-electron chi connectivity index (χ0n) is 12.1. The highest BCUT2D eigenvalue weighted by Gasteiger charge is 2.10. The molecule has 1 aromatic heterocycles. The van der Waals surface area contributed by atoms with E-state index in [1.54, 1.807) is 6.21 Å². The molecule has 1 aromatic rings. The van der Waals surface area contributed by atoms with Crippen molar-refractivity contribution < 1.29 is 0 Å². The van der Waals surface area contributed by atoms with Crippen LogP contribution in [0.25, 0.3) is 0 Å². The van der Waals surface area contributed by atoms with Gasteiger partial charge in [0, 0.05) is 30.1 Å². The molecule has 19 heavy (non-hydrogen) atoms. The third-order valence-electron chi connectivity index (χ3n) is 2.83. The van der Waals surface area contributed by atoms with E-state index in [0.29, 0.717) is 0 Å². The maximum Gasteiger partial charge on any atom is 0.0629 e. The van der Waals surface area contributed by atoms with Gasteiger partial charge in [0.05, 0.1) is 5.69 Å². The molecule has 2 N–H and O–H groups in total. The minimum absolute atomic E-state index is 0.805. The van der Waals surface area contributed by atoms with Crippen molar-refractivity contribution in [2.75, 3.05) is 0 Å². The minimum atomic E-state index is 0.805. The fourth-order valence-corrected chi connectivity index (χ4v) is 1.75. The Morgan fingerprint density at radius 1 is 1.26 bits per heavy atom. The number of nitrogens with zero attached hydrogens (tertiary/aromatic N) is 2. The van der Waals surface area contributed by atoms with E-state index < -0.39 is 0 Å². The van der Waals surface area contributed by atoms with Gasteiger partial charge in [0.2, 0.25) is 0 Å². The van der Waals surface area contributed by atoms with Gasteiger partial charge < -0.3 is 0 Å². The Morgan fingerprint density at radius 2 is 2.00 bits per heavy atom. The van der Waals surface area contributed by atoms with Crippen LogP contribution in [-0.2, 0) is 6.42 Å². The van der Waals surface area contributed by atoms with E-state index in [9.17, 15) is 0 Å². The van der Waals surface area contributed by atoms with Crippen LogP contribution in [0.1, 0.15) is 30.8 Å². The van der Waals surface area contributed by atoms with Gasteiger partial charge in [-0.05, 0) is 31.1 Å². The fraction of sp³-hybridized carbons (Fsp3) is 0.333. The number of aromatic amines is 1. The largest absolute Gasteiger partial charge is 0.286 e. The lowest BCUT2D eigenvalue weighted by Crippen LogP contribution is -2.03. The topological polar surface area (TPSA) is 53.1 Å². The molecule has 0 saturated carbocycles. The quantitative estimate of drug-likeness (QED) is 0.856. The average molecular weight is 258 g/mol. The summed E-state index contributed by atoms with van der Waals surface area (Å²) in [4.78, 5) is 0. The predicted octanol–water partition coefficient (Wildman–Crippen LogP) is 3.18. The van der Waals surface area contributed by atoms with Crippen LogP contribution in [0.5, 0.6) is 0 Å². The second-order valence-corrected chi connectivity index (χ2v) is 4.05. The number of nitrogens with one attached hydrogen (secondary N) is 2. The molecular weight excluding hydrogens is 236 g/mol. The van der Waals surface area contributed by atoms with Crippen LogP contribution in [-0.4, -0.2) is 16.4 Å². The maximum absolute atomic E-state index is 4.20. The molecular formula is C15H22N4. The van der Waals surface area contributed by atoms with E-state index in [2.05, 4.69) is 27.3 Å². The van der Waals surface area contributed by atoms with Gasteiger partial charge in [0.15, 0.2) is 0 Å². The molecule has 2 heterocycles. The number of H-pyrrole nitrogens is 1. The predicted molar refractivity (Wildman–Crippen MR) is 81.1 cm³/mol. The average Bonchev–Trinajstić information content (AvgIpc) is 2.72. The smallest absolute Gasteiger partial charge is 0.0629 e. The Hall–Kier alpha value is -2.10. The van der Waals surface area contributed by atoms with Crippen LogP contribution in [0, 0.1) is 13.8 Å². The molecule has 0 saturated heterocycles. The molecule has 0 bridgehead atoms. The molecule has 2 rings (SSSR count). The highest BCUT2D eigenvalue weighted by atomic mass is 15.3. The van der Waals surface area contributed by atoms with Crippen molar-refractivity contribution in [1.82, 2.24) is 15.6 Å². The molecule has 0 atom stereocenters. The van der Waals surface area contributed by atoms with Gasteiger partial charge in [-0.2, -0.15) is 10.2 Å². The van der Waals surface area contributed by atoms with Crippen LogP contribution in [0.3, 0.4) is 0 Å². The molecule has 0 spiro atoms. The van der Waals surface area contributed by atoms with Crippen molar-refractivity contribution in [2.24, 2.45) is 5.10 Å². The van der Waals surface area contributed by atoms with Gasteiger partial charge >= 0.3 is 0 Å². The van der Waals surface area contributed by atoms with Crippen LogP contribution >= 0.6 is 0 Å². The molecule has 1 aliphatic heterocycles. The summed E-state index contributed by atoms with van der Waals surface area (Å²) in [5, 5.41) is 11.2. The first-order chi connectivity index (χ1) is 9.18. The van der Waals surface area contributed by atoms with Crippen molar-refractivity contribution in [1.29, 1.82) is 0 Å². The van der Waals surface area contributed by atoms with E-state index in [0.717, 1.165) is 29.0 Å². The van der Waals surface area contributed by atoms with Gasteiger partial charge in [0.1, 0.15) is 0 Å². The van der Waals surface area contributed by atoms with Gasteiger partial charge in [0.25, 0.3) is 0 Å². The molecule has 0 fully saturated rings. The number of hydrogen-bond acceptors (Lipinski definition) is 3. The molecule has 0 amide bonds. The number of aromatic nitrogens is 2. The number of hydrogen-bond donors (Lipinski definition) is 2. The van der Waals surface area contributed by atoms with E-state index in [1.165, 1.54) is 5.56 Å². The lowest BCUT2D eigenvalue weighted by atomic mass is 9.98. The van der Waals surface area contributed by atoms with Crippen molar-refractivity contribution in [3.63, 3.8) is 0 Å². The van der Waals surface area contributed by atoms with Crippen molar-refractivity contribution in [2.45, 2.75) is 34.1 Å². The SMILES string of the molecule is C=C1/C=C\C=N/N/C=C\1Cc1c(C)n[nH]c1C.CC. The van der Waals surface area contributed by atoms with Gasteiger partial charge in [-0.25, -0.2) is 0 Å². The first-order valence-corrected chi connectivity index (χ1v) is 6.52. The summed E-state index contributed by atoms with van der Waals surface area (Å²) in [5.41, 5.74) is 8.34. The number of hydrazone groups is 1. The zero-order chi connectivity index (χ0) is 14.3. The van der Waals surface area contributed by atoms with Crippen molar-refractivity contribution in [3.8, 4) is 0 Å². The standard InChI is InChI=1S/C13H16N4.C2H6/c1-9-5-4-6-14-15-8-12(9)7-13-10(2)16-17-11(13)3;1-2/h4-6,8,15H,1,7H2,2-3H3,(H,16,17);1-2H3/b5-4-,12-8-,14-6-;. The summed E-state index contributed by atoms with van der Waals surface area (Å²) in [6.07, 6.45) is 8.22. The van der Waals surface area contributed by atoms with E-state index in [1.807, 2.05) is 46.0 Å². The summed E-state index contributed by atoms with van der Waals surface area (Å²) in [5.74, 6) is 0. The van der Waals surface area contributed by atoms with Crippen LogP contribution < -0.4 is 5.43 Å². The number of allylic oxidation sites excluding steroid dienone is 4. The van der Waals surface area contributed by atoms with Crippen LogP contribution in [0.15, 0.2) is 41.2 Å². The highest BCUT2D eigenvalue weighted by molar-refractivity contribution is 5.72. The Kier molecular flexibility index (Phi) is 5.79. The summed E-state index contributed by atoms with van der Waals surface area (Å²) in [7, 11) is 0. The number of rotatable bonds is 2. The molecule has 4 heteroatoms. The van der Waals surface area contributed by atoms with Crippen molar-refractivity contribution >= 4 is 6.21 Å². The molecule has 4 nitrogen and oxygen atoms in total. The third kappa shape index (κ3) is 3.95. The second-order valence-electron chi connectivity index (χ2n) is 4.05. The lowest BCUT2D eigenvalue weighted by Gasteiger charge is -2.09. The van der Waals surface area contributed by atoms with E-state index in [-0.39, 0.29) is 0 Å². The fourth-order valence-electron chi connectivity index (χ4n) is 1.75. The Labute approximate surface area is 115 Å². The summed E-state index contributed by atoms with van der Waals surface area (Å²) in [6.45, 7) is 12.1. The van der Waals surface area contributed by atoms with Crippen LogP contribution in [0.2, 0.25) is 0 Å². The second kappa shape index (κ2) is 7.36. The first kappa shape index (κ1) is 15.0. The number of aryl methyl sites for hydroxylation is 2. The zero-order valence-corrected chi connectivity index (χ0v) is 12.1. The summed E-state index contributed by atoms with van der Waals surface area (Å²) in [6, 6.07) is 0. The molecule has 0 aromatic carbocycles. The maximum atomic E-state index is 4.20. The summed E-state index contributed by atoms with van der Waals surface area (Å²) < 4.78 is 0. The van der Waals surface area contributed by atoms with E-state index in [4.69, 9.17) is 0 Å². The molecule has 0 radical (unpaired) electrons. The lowest BCUT2D eigenvalue weighted by molar-refractivity contribution is 0.944. The molecule has 1 aliphatic rings. The van der Waals surface area contributed by atoms with Crippen molar-refractivity contribution in [3.05, 3.63) is 53.0 Å². The van der Waals surface area contributed by atoms with Crippen LogP contribution in [0.4, 0.5) is 0 Å². The van der Waals surface area contributed by atoms with Gasteiger partial charge in [-0.15, -0.1) is 0 Å². The van der Waals surface area contributed by atoms with Gasteiger partial charge in [-0.1, -0.05) is 26.5 Å². The molecule has 0 unspecified atom stereocenters. The normalized spacial score (nSPS) is 20.0. The highest BCUT2D eigenvalue weighted by Crippen LogP contribution is 2.19. The molecule has 0 aliphatic carbocycles. The minimum Gasteiger partial charge on any atom is -0.286 e. The molecule has 102 valence electrons. The monoisotopic (exact) mass is 258 g/mol. The van der Waals surface area contributed by atoms with E-state index >= 15 is 0 Å². The Bertz CT molecular complexity index is 499.